The minimum atomic E-state index is -0.103. The van der Waals surface area contributed by atoms with Crippen molar-refractivity contribution < 1.29 is 14.3 Å². The number of hydrogen-bond acceptors (Lipinski definition) is 3. The van der Waals surface area contributed by atoms with E-state index in [1.54, 1.807) is 18.2 Å². The largest absolute Gasteiger partial charge is 0.482 e. The smallest absolute Gasteiger partial charge is 0.202 e. The Hall–Kier alpha value is -1.49. The molecule has 1 aromatic carbocycles. The van der Waals surface area contributed by atoms with E-state index in [0.29, 0.717) is 21.4 Å². The summed E-state index contributed by atoms with van der Waals surface area (Å²) >= 11 is 12.2. The molecule has 0 aliphatic carbocycles. The van der Waals surface area contributed by atoms with Crippen LogP contribution >= 0.6 is 23.2 Å². The molecule has 0 bridgehead atoms. The first-order chi connectivity index (χ1) is 12.0. The van der Waals surface area contributed by atoms with Crippen molar-refractivity contribution in [2.45, 2.75) is 39.3 Å². The number of carbonyl (C=O) groups is 1. The predicted octanol–water partition coefficient (Wildman–Crippen LogP) is 4.85. The van der Waals surface area contributed by atoms with Crippen molar-refractivity contribution in [3.05, 3.63) is 51.3 Å². The lowest BCUT2D eigenvalue weighted by Crippen LogP contribution is -2.18. The lowest BCUT2D eigenvalue weighted by molar-refractivity contribution is 0.0914. The third kappa shape index (κ3) is 4.02. The summed E-state index contributed by atoms with van der Waals surface area (Å²) in [4.78, 5) is 12.6. The van der Waals surface area contributed by atoms with Gasteiger partial charge in [0, 0.05) is 30.1 Å². The molecule has 1 aliphatic rings. The highest BCUT2D eigenvalue weighted by Crippen LogP contribution is 2.32. The molecule has 4 nitrogen and oxygen atoms in total. The van der Waals surface area contributed by atoms with Gasteiger partial charge in [0.1, 0.15) is 0 Å². The molecule has 3 rings (SSSR count). The van der Waals surface area contributed by atoms with Gasteiger partial charge in [-0.2, -0.15) is 0 Å². The van der Waals surface area contributed by atoms with Gasteiger partial charge < -0.3 is 14.0 Å². The maximum atomic E-state index is 12.6. The van der Waals surface area contributed by atoms with Crippen molar-refractivity contribution in [3.8, 4) is 5.75 Å². The molecule has 134 valence electrons. The Morgan fingerprint density at radius 2 is 2.04 bits per heavy atom. The molecule has 1 aliphatic heterocycles. The number of rotatable bonds is 6. The zero-order chi connectivity index (χ0) is 18.0. The van der Waals surface area contributed by atoms with Crippen molar-refractivity contribution in [2.75, 3.05) is 13.2 Å². The van der Waals surface area contributed by atoms with Crippen LogP contribution in [-0.2, 0) is 11.3 Å². The fraction of sp³-hybridized carbons (Fsp3) is 0.421. The molecule has 0 unspecified atom stereocenters. The van der Waals surface area contributed by atoms with Crippen LogP contribution in [0.4, 0.5) is 0 Å². The van der Waals surface area contributed by atoms with Crippen molar-refractivity contribution in [1.82, 2.24) is 4.57 Å². The predicted molar refractivity (Wildman–Crippen MR) is 99.2 cm³/mol. The highest BCUT2D eigenvalue weighted by atomic mass is 35.5. The molecular weight excluding hydrogens is 361 g/mol. The number of nitrogens with zero attached hydrogens (tertiary/aromatic N) is 1. The summed E-state index contributed by atoms with van der Waals surface area (Å²) in [6, 6.07) is 7.00. The van der Waals surface area contributed by atoms with Gasteiger partial charge in [0.2, 0.25) is 5.78 Å². The van der Waals surface area contributed by atoms with E-state index >= 15 is 0 Å². The second-order valence-electron chi connectivity index (χ2n) is 6.29. The number of halogens is 2. The maximum absolute atomic E-state index is 12.6. The molecule has 1 aromatic heterocycles. The molecule has 2 heterocycles. The summed E-state index contributed by atoms with van der Waals surface area (Å²) in [5, 5.41) is 0.785. The van der Waals surface area contributed by atoms with Gasteiger partial charge in [0.05, 0.1) is 16.1 Å². The molecule has 0 N–H and O–H groups in total. The van der Waals surface area contributed by atoms with Crippen LogP contribution in [0.3, 0.4) is 0 Å². The number of benzene rings is 1. The molecule has 25 heavy (non-hydrogen) atoms. The topological polar surface area (TPSA) is 40.5 Å². The standard InChI is InChI=1S/C19H21Cl2NO3/c1-12-9-15(13(2)22(12)10-14-5-4-8-24-14)18(23)11-25-19-16(20)6-3-7-17(19)21/h3,6-7,9,14H,4-5,8,10-11H2,1-2H3/t14-/m0/s1. The van der Waals surface area contributed by atoms with Crippen molar-refractivity contribution in [1.29, 1.82) is 0 Å². The molecule has 2 aromatic rings. The lowest BCUT2D eigenvalue weighted by atomic mass is 10.1. The van der Waals surface area contributed by atoms with Gasteiger partial charge in [-0.1, -0.05) is 29.3 Å². The second kappa shape index (κ2) is 7.81. The monoisotopic (exact) mass is 381 g/mol. The number of aryl methyl sites for hydroxylation is 1. The molecule has 0 spiro atoms. The van der Waals surface area contributed by atoms with Crippen molar-refractivity contribution >= 4 is 29.0 Å². The van der Waals surface area contributed by atoms with Gasteiger partial charge >= 0.3 is 0 Å². The van der Waals surface area contributed by atoms with Crippen LogP contribution in [0.2, 0.25) is 10.0 Å². The van der Waals surface area contributed by atoms with Gasteiger partial charge in [0.25, 0.3) is 0 Å². The number of hydrogen-bond donors (Lipinski definition) is 0. The summed E-state index contributed by atoms with van der Waals surface area (Å²) in [5.74, 6) is 0.245. The average molecular weight is 382 g/mol. The number of para-hydroxylation sites is 1. The van der Waals surface area contributed by atoms with Crippen LogP contribution in [0.25, 0.3) is 0 Å². The summed E-state index contributed by atoms with van der Waals surface area (Å²) < 4.78 is 13.4. The number of ketones is 1. The van der Waals surface area contributed by atoms with Crippen LogP contribution in [0.1, 0.15) is 34.6 Å². The SMILES string of the molecule is Cc1cc(C(=O)COc2c(Cl)cccc2Cl)c(C)n1C[C@@H]1CCCO1. The van der Waals surface area contributed by atoms with Gasteiger partial charge in [-0.15, -0.1) is 0 Å². The van der Waals surface area contributed by atoms with Crippen LogP contribution in [0.15, 0.2) is 24.3 Å². The minimum absolute atomic E-state index is 0.0947. The van der Waals surface area contributed by atoms with Gasteiger partial charge in [0.15, 0.2) is 12.4 Å². The highest BCUT2D eigenvalue weighted by molar-refractivity contribution is 6.37. The minimum Gasteiger partial charge on any atom is -0.482 e. The van der Waals surface area contributed by atoms with E-state index in [-0.39, 0.29) is 18.5 Å². The number of Topliss-reactive ketones (excluding diaryl/α,β-unsaturated/α-hetero) is 1. The fourth-order valence-electron chi connectivity index (χ4n) is 3.19. The van der Waals surface area contributed by atoms with E-state index in [1.807, 2.05) is 19.9 Å². The summed E-state index contributed by atoms with van der Waals surface area (Å²) in [6.07, 6.45) is 2.39. The molecule has 1 fully saturated rings. The van der Waals surface area contributed by atoms with Crippen LogP contribution in [0, 0.1) is 13.8 Å². The Morgan fingerprint density at radius 3 is 2.68 bits per heavy atom. The molecule has 0 radical (unpaired) electrons. The Morgan fingerprint density at radius 1 is 1.32 bits per heavy atom. The van der Waals surface area contributed by atoms with Gasteiger partial charge in [-0.05, 0) is 44.9 Å². The molecule has 0 amide bonds. The number of aromatic nitrogens is 1. The first kappa shape index (κ1) is 18.3. The van der Waals surface area contributed by atoms with Crippen LogP contribution in [-0.4, -0.2) is 29.7 Å². The Kier molecular flexibility index (Phi) is 5.72. The third-order valence-corrected chi connectivity index (χ3v) is 5.15. The lowest BCUT2D eigenvalue weighted by Gasteiger charge is -2.15. The second-order valence-corrected chi connectivity index (χ2v) is 7.11. The summed E-state index contributed by atoms with van der Waals surface area (Å²) in [7, 11) is 0. The number of carbonyl (C=O) groups excluding carboxylic acids is 1. The zero-order valence-corrected chi connectivity index (χ0v) is 15.9. The molecule has 1 saturated heterocycles. The van der Waals surface area contributed by atoms with Crippen LogP contribution in [0.5, 0.6) is 5.75 Å². The average Bonchev–Trinajstić information content (AvgIpc) is 3.18. The van der Waals surface area contributed by atoms with Crippen molar-refractivity contribution in [2.24, 2.45) is 0 Å². The van der Waals surface area contributed by atoms with Gasteiger partial charge in [-0.25, -0.2) is 0 Å². The Balaban J connectivity index is 1.72. The van der Waals surface area contributed by atoms with E-state index in [4.69, 9.17) is 32.7 Å². The summed E-state index contributed by atoms with van der Waals surface area (Å²) in [5.41, 5.74) is 2.65. The molecule has 1 atom stereocenters. The highest BCUT2D eigenvalue weighted by Gasteiger charge is 2.21. The molecule has 6 heteroatoms. The first-order valence-corrected chi connectivity index (χ1v) is 9.11. The quantitative estimate of drug-likeness (QED) is 0.671. The molecule has 0 saturated carbocycles. The summed E-state index contributed by atoms with van der Waals surface area (Å²) in [6.45, 7) is 5.46. The van der Waals surface area contributed by atoms with Crippen molar-refractivity contribution in [3.63, 3.8) is 0 Å². The number of ether oxygens (including phenoxy) is 2. The van der Waals surface area contributed by atoms with Crippen LogP contribution < -0.4 is 4.74 Å². The fourth-order valence-corrected chi connectivity index (χ4v) is 3.70. The first-order valence-electron chi connectivity index (χ1n) is 8.35. The van der Waals surface area contributed by atoms with E-state index in [2.05, 4.69) is 4.57 Å². The van der Waals surface area contributed by atoms with E-state index in [0.717, 1.165) is 37.4 Å². The Labute approximate surface area is 157 Å². The Bertz CT molecular complexity index is 759. The third-order valence-electron chi connectivity index (χ3n) is 4.55. The van der Waals surface area contributed by atoms with Gasteiger partial charge in [-0.3, -0.25) is 4.79 Å². The zero-order valence-electron chi connectivity index (χ0n) is 14.4. The van der Waals surface area contributed by atoms with E-state index < -0.39 is 0 Å². The maximum Gasteiger partial charge on any atom is 0.202 e. The normalized spacial score (nSPS) is 17.0. The molecular formula is C19H21Cl2NO3. The van der Waals surface area contributed by atoms with E-state index in [1.165, 1.54) is 0 Å². The van der Waals surface area contributed by atoms with E-state index in [9.17, 15) is 4.79 Å².